The Bertz CT molecular complexity index is 555. The molecule has 2 aromatic heterocycles. The van der Waals surface area contributed by atoms with E-state index in [9.17, 15) is 4.79 Å². The molecule has 2 heterocycles. The van der Waals surface area contributed by atoms with E-state index in [1.807, 2.05) is 0 Å². The van der Waals surface area contributed by atoms with Crippen molar-refractivity contribution in [1.29, 1.82) is 0 Å². The van der Waals surface area contributed by atoms with Crippen LogP contribution in [0.25, 0.3) is 0 Å². The van der Waals surface area contributed by atoms with Gasteiger partial charge in [-0.1, -0.05) is 18.3 Å². The maximum Gasteiger partial charge on any atom is 0.259 e. The molecule has 100 valence electrons. The van der Waals surface area contributed by atoms with Crippen LogP contribution < -0.4 is 10.6 Å². The van der Waals surface area contributed by atoms with E-state index >= 15 is 0 Å². The van der Waals surface area contributed by atoms with Crippen molar-refractivity contribution in [2.45, 2.75) is 13.3 Å². The van der Waals surface area contributed by atoms with Crippen LogP contribution in [0.2, 0.25) is 0 Å². The van der Waals surface area contributed by atoms with E-state index in [1.165, 1.54) is 11.3 Å². The molecule has 1 amide bonds. The lowest BCUT2D eigenvalue weighted by Crippen LogP contribution is -2.12. The van der Waals surface area contributed by atoms with Gasteiger partial charge in [-0.2, -0.15) is 0 Å². The van der Waals surface area contributed by atoms with E-state index in [-0.39, 0.29) is 5.91 Å². The Balaban J connectivity index is 1.99. The van der Waals surface area contributed by atoms with Crippen molar-refractivity contribution in [1.82, 2.24) is 9.97 Å². The number of halogens is 1. The summed E-state index contributed by atoms with van der Waals surface area (Å²) in [5.74, 6) is 0.562. The summed E-state index contributed by atoms with van der Waals surface area (Å²) >= 11 is 4.66. The van der Waals surface area contributed by atoms with Gasteiger partial charge in [0.2, 0.25) is 0 Å². The number of amides is 1. The largest absolute Gasteiger partial charge is 0.370 e. The smallest absolute Gasteiger partial charge is 0.259 e. The second-order valence-electron chi connectivity index (χ2n) is 3.78. The number of carbonyl (C=O) groups is 1. The Morgan fingerprint density at radius 2 is 2.21 bits per heavy atom. The van der Waals surface area contributed by atoms with Crippen LogP contribution in [-0.2, 0) is 0 Å². The van der Waals surface area contributed by atoms with Crippen LogP contribution >= 0.6 is 27.3 Å². The molecule has 0 fully saturated rings. The predicted octanol–water partition coefficient (Wildman–Crippen LogP) is 3.37. The summed E-state index contributed by atoms with van der Waals surface area (Å²) in [5, 5.41) is 6.43. The highest BCUT2D eigenvalue weighted by Crippen LogP contribution is 2.23. The highest BCUT2D eigenvalue weighted by atomic mass is 79.9. The average molecular weight is 341 g/mol. The van der Waals surface area contributed by atoms with Crippen molar-refractivity contribution in [3.8, 4) is 0 Å². The minimum atomic E-state index is -0.212. The SMILES string of the molecule is CCCNc1ccc(C(=O)Nc2ncc(Br)s2)cn1. The Morgan fingerprint density at radius 3 is 2.79 bits per heavy atom. The summed E-state index contributed by atoms with van der Waals surface area (Å²) in [6.45, 7) is 2.95. The van der Waals surface area contributed by atoms with Crippen molar-refractivity contribution in [2.24, 2.45) is 0 Å². The van der Waals surface area contributed by atoms with Crippen molar-refractivity contribution < 1.29 is 4.79 Å². The van der Waals surface area contributed by atoms with Crippen LogP contribution in [0.4, 0.5) is 10.9 Å². The quantitative estimate of drug-likeness (QED) is 0.875. The van der Waals surface area contributed by atoms with Gasteiger partial charge in [0.15, 0.2) is 5.13 Å². The van der Waals surface area contributed by atoms with E-state index in [0.29, 0.717) is 10.7 Å². The van der Waals surface area contributed by atoms with Gasteiger partial charge in [-0.15, -0.1) is 0 Å². The molecule has 0 aromatic carbocycles. The summed E-state index contributed by atoms with van der Waals surface area (Å²) < 4.78 is 0.875. The number of anilines is 2. The van der Waals surface area contributed by atoms with Gasteiger partial charge >= 0.3 is 0 Å². The van der Waals surface area contributed by atoms with Gasteiger partial charge in [0.05, 0.1) is 15.5 Å². The maximum atomic E-state index is 11.9. The molecule has 0 atom stereocenters. The molecular formula is C12H13BrN4OS. The third kappa shape index (κ3) is 4.00. The predicted molar refractivity (Wildman–Crippen MR) is 80.8 cm³/mol. The topological polar surface area (TPSA) is 66.9 Å². The van der Waals surface area contributed by atoms with Crippen molar-refractivity contribution in [3.05, 3.63) is 33.9 Å². The standard InChI is InChI=1S/C12H13BrN4OS/c1-2-5-14-10-4-3-8(6-15-10)11(18)17-12-16-7-9(13)19-12/h3-4,6-7H,2,5H2,1H3,(H,14,15)(H,16,17,18). The first kappa shape index (κ1) is 14.0. The molecule has 2 rings (SSSR count). The van der Waals surface area contributed by atoms with Crippen molar-refractivity contribution >= 4 is 44.1 Å². The fraction of sp³-hybridized carbons (Fsp3) is 0.250. The van der Waals surface area contributed by atoms with E-state index in [0.717, 1.165) is 22.6 Å². The molecule has 0 unspecified atom stereocenters. The fourth-order valence-electron chi connectivity index (χ4n) is 1.37. The van der Waals surface area contributed by atoms with E-state index in [1.54, 1.807) is 24.5 Å². The van der Waals surface area contributed by atoms with Gasteiger partial charge in [-0.05, 0) is 34.5 Å². The third-order valence-corrected chi connectivity index (χ3v) is 3.67. The molecule has 0 aliphatic rings. The second kappa shape index (κ2) is 6.63. The van der Waals surface area contributed by atoms with Gasteiger partial charge < -0.3 is 5.32 Å². The van der Waals surface area contributed by atoms with Crippen LogP contribution in [0.1, 0.15) is 23.7 Å². The summed E-state index contributed by atoms with van der Waals surface area (Å²) in [6.07, 6.45) is 4.23. The zero-order chi connectivity index (χ0) is 13.7. The molecule has 2 N–H and O–H groups in total. The normalized spacial score (nSPS) is 10.2. The minimum absolute atomic E-state index is 0.212. The number of hydrogen-bond donors (Lipinski definition) is 2. The minimum Gasteiger partial charge on any atom is -0.370 e. The van der Waals surface area contributed by atoms with Crippen molar-refractivity contribution in [3.63, 3.8) is 0 Å². The van der Waals surface area contributed by atoms with Gasteiger partial charge in [-0.3, -0.25) is 10.1 Å². The van der Waals surface area contributed by atoms with Crippen molar-refractivity contribution in [2.75, 3.05) is 17.2 Å². The number of thiazole rings is 1. The lowest BCUT2D eigenvalue weighted by molar-refractivity contribution is 0.102. The number of nitrogens with zero attached hydrogens (tertiary/aromatic N) is 2. The van der Waals surface area contributed by atoms with E-state index in [2.05, 4.69) is 43.5 Å². The highest BCUT2D eigenvalue weighted by Gasteiger charge is 2.09. The third-order valence-electron chi connectivity index (χ3n) is 2.28. The van der Waals surface area contributed by atoms with Gasteiger partial charge in [0.1, 0.15) is 5.82 Å². The molecule has 0 saturated heterocycles. The zero-order valence-corrected chi connectivity index (χ0v) is 12.7. The second-order valence-corrected chi connectivity index (χ2v) is 6.19. The molecule has 2 aromatic rings. The molecule has 19 heavy (non-hydrogen) atoms. The van der Waals surface area contributed by atoms with Crippen LogP contribution in [0.15, 0.2) is 28.3 Å². The number of nitrogens with one attached hydrogen (secondary N) is 2. The van der Waals surface area contributed by atoms with Crippen LogP contribution in [0, 0.1) is 0 Å². The number of aromatic nitrogens is 2. The summed E-state index contributed by atoms with van der Waals surface area (Å²) in [6, 6.07) is 3.53. The Labute approximate surface area is 123 Å². The lowest BCUT2D eigenvalue weighted by atomic mass is 10.2. The van der Waals surface area contributed by atoms with E-state index in [4.69, 9.17) is 0 Å². The number of pyridine rings is 1. The molecule has 5 nitrogen and oxygen atoms in total. The number of carbonyl (C=O) groups excluding carboxylic acids is 1. The Hall–Kier alpha value is -1.47. The molecule has 0 radical (unpaired) electrons. The summed E-state index contributed by atoms with van der Waals surface area (Å²) in [4.78, 5) is 20.2. The van der Waals surface area contributed by atoms with Crippen LogP contribution in [0.5, 0.6) is 0 Å². The first-order chi connectivity index (χ1) is 9.19. The molecule has 0 spiro atoms. The fourth-order valence-corrected chi connectivity index (χ4v) is 2.47. The first-order valence-corrected chi connectivity index (χ1v) is 7.42. The number of rotatable bonds is 5. The van der Waals surface area contributed by atoms with Gasteiger partial charge in [0.25, 0.3) is 5.91 Å². The first-order valence-electron chi connectivity index (χ1n) is 5.81. The average Bonchev–Trinajstić information content (AvgIpc) is 2.82. The van der Waals surface area contributed by atoms with Gasteiger partial charge in [-0.25, -0.2) is 9.97 Å². The monoisotopic (exact) mass is 340 g/mol. The van der Waals surface area contributed by atoms with Crippen LogP contribution in [0.3, 0.4) is 0 Å². The molecule has 0 aliphatic carbocycles. The van der Waals surface area contributed by atoms with Crippen LogP contribution in [-0.4, -0.2) is 22.4 Å². The summed E-state index contributed by atoms with van der Waals surface area (Å²) in [7, 11) is 0. The highest BCUT2D eigenvalue weighted by molar-refractivity contribution is 9.11. The molecular weight excluding hydrogens is 328 g/mol. The molecule has 0 saturated carbocycles. The molecule has 0 bridgehead atoms. The molecule has 7 heteroatoms. The Kier molecular flexibility index (Phi) is 4.86. The van der Waals surface area contributed by atoms with E-state index < -0.39 is 0 Å². The lowest BCUT2D eigenvalue weighted by Gasteiger charge is -2.05. The Morgan fingerprint density at radius 1 is 1.37 bits per heavy atom. The zero-order valence-electron chi connectivity index (χ0n) is 10.3. The molecule has 0 aliphatic heterocycles. The summed E-state index contributed by atoms with van der Waals surface area (Å²) in [5.41, 5.74) is 0.508. The maximum absolute atomic E-state index is 11.9. The van der Waals surface area contributed by atoms with Gasteiger partial charge in [0, 0.05) is 12.7 Å². The number of hydrogen-bond acceptors (Lipinski definition) is 5.